The second-order valence-corrected chi connectivity index (χ2v) is 4.55. The molecule has 1 aliphatic heterocycles. The zero-order valence-electron chi connectivity index (χ0n) is 10.3. The van der Waals surface area contributed by atoms with Gasteiger partial charge in [0.2, 0.25) is 0 Å². The van der Waals surface area contributed by atoms with E-state index in [9.17, 15) is 4.79 Å². The molecule has 2 N–H and O–H groups in total. The van der Waals surface area contributed by atoms with Crippen LogP contribution in [-0.4, -0.2) is 73.7 Å². The topological polar surface area (TPSA) is 55.8 Å². The van der Waals surface area contributed by atoms with Crippen LogP contribution in [0.15, 0.2) is 0 Å². The standard InChI is InChI=1S/C11H23N3O2/c1-3-13(2)4-5-14(9-11(15)16)8-10-6-12-7-10/h10,12H,3-9H2,1-2H3,(H,15,16). The van der Waals surface area contributed by atoms with E-state index in [1.54, 1.807) is 0 Å². The molecule has 1 fully saturated rings. The highest BCUT2D eigenvalue weighted by molar-refractivity contribution is 5.69. The van der Waals surface area contributed by atoms with Gasteiger partial charge in [0.05, 0.1) is 6.54 Å². The van der Waals surface area contributed by atoms with E-state index in [0.717, 1.165) is 39.3 Å². The van der Waals surface area contributed by atoms with Gasteiger partial charge in [-0.3, -0.25) is 9.69 Å². The lowest BCUT2D eigenvalue weighted by atomic mass is 10.0. The monoisotopic (exact) mass is 229 g/mol. The summed E-state index contributed by atoms with van der Waals surface area (Å²) in [5.41, 5.74) is 0. The van der Waals surface area contributed by atoms with Gasteiger partial charge < -0.3 is 15.3 Å². The molecule has 0 aromatic rings. The first-order chi connectivity index (χ1) is 7.61. The summed E-state index contributed by atoms with van der Waals surface area (Å²) in [6.07, 6.45) is 0. The van der Waals surface area contributed by atoms with Crippen LogP contribution in [0.4, 0.5) is 0 Å². The molecule has 1 heterocycles. The minimum Gasteiger partial charge on any atom is -0.480 e. The average molecular weight is 229 g/mol. The summed E-state index contributed by atoms with van der Waals surface area (Å²) >= 11 is 0. The normalized spacial score (nSPS) is 16.8. The number of hydrogen-bond donors (Lipinski definition) is 2. The van der Waals surface area contributed by atoms with E-state index in [0.29, 0.717) is 5.92 Å². The molecule has 0 aromatic heterocycles. The smallest absolute Gasteiger partial charge is 0.317 e. The second-order valence-electron chi connectivity index (χ2n) is 4.55. The van der Waals surface area contributed by atoms with E-state index in [-0.39, 0.29) is 6.54 Å². The molecule has 0 spiro atoms. The first kappa shape index (κ1) is 13.4. The van der Waals surface area contributed by atoms with Gasteiger partial charge in [-0.25, -0.2) is 0 Å². The van der Waals surface area contributed by atoms with Gasteiger partial charge in [0.1, 0.15) is 0 Å². The van der Waals surface area contributed by atoms with Crippen molar-refractivity contribution in [3.63, 3.8) is 0 Å². The summed E-state index contributed by atoms with van der Waals surface area (Å²) in [6.45, 7) is 8.00. The van der Waals surface area contributed by atoms with Crippen molar-refractivity contribution in [3.8, 4) is 0 Å². The summed E-state index contributed by atoms with van der Waals surface area (Å²) in [7, 11) is 2.06. The molecule has 0 aromatic carbocycles. The fourth-order valence-corrected chi connectivity index (χ4v) is 1.74. The summed E-state index contributed by atoms with van der Waals surface area (Å²) < 4.78 is 0. The molecule has 1 rings (SSSR count). The van der Waals surface area contributed by atoms with Gasteiger partial charge in [0.25, 0.3) is 0 Å². The Bertz CT molecular complexity index is 219. The van der Waals surface area contributed by atoms with Crippen LogP contribution in [0.2, 0.25) is 0 Å². The Hall–Kier alpha value is -0.650. The number of nitrogens with zero attached hydrogens (tertiary/aromatic N) is 2. The maximum atomic E-state index is 10.7. The van der Waals surface area contributed by atoms with E-state index < -0.39 is 5.97 Å². The SMILES string of the molecule is CCN(C)CCN(CC(=O)O)CC1CNC1. The van der Waals surface area contributed by atoms with Crippen LogP contribution in [-0.2, 0) is 4.79 Å². The summed E-state index contributed by atoms with van der Waals surface area (Å²) in [5.74, 6) is -0.0993. The van der Waals surface area contributed by atoms with Crippen molar-refractivity contribution in [1.29, 1.82) is 0 Å². The maximum Gasteiger partial charge on any atom is 0.317 e. The highest BCUT2D eigenvalue weighted by atomic mass is 16.4. The highest BCUT2D eigenvalue weighted by Crippen LogP contribution is 2.05. The van der Waals surface area contributed by atoms with Crippen molar-refractivity contribution in [2.45, 2.75) is 6.92 Å². The molecule has 5 nitrogen and oxygen atoms in total. The van der Waals surface area contributed by atoms with E-state index in [2.05, 4.69) is 24.2 Å². The third-order valence-electron chi connectivity index (χ3n) is 3.08. The summed E-state index contributed by atoms with van der Waals surface area (Å²) in [4.78, 5) is 15.0. The average Bonchev–Trinajstić information content (AvgIpc) is 2.18. The zero-order valence-corrected chi connectivity index (χ0v) is 10.3. The molecule has 0 radical (unpaired) electrons. The third-order valence-corrected chi connectivity index (χ3v) is 3.08. The van der Waals surface area contributed by atoms with Crippen LogP contribution >= 0.6 is 0 Å². The summed E-state index contributed by atoms with van der Waals surface area (Å²) in [6, 6.07) is 0. The number of likely N-dealkylation sites (N-methyl/N-ethyl adjacent to an activating group) is 1. The van der Waals surface area contributed by atoms with Crippen molar-refractivity contribution in [3.05, 3.63) is 0 Å². The van der Waals surface area contributed by atoms with Gasteiger partial charge in [0, 0.05) is 32.7 Å². The number of aliphatic carboxylic acids is 1. The molecular formula is C11H23N3O2. The number of carbonyl (C=O) groups is 1. The minimum absolute atomic E-state index is 0.161. The van der Waals surface area contributed by atoms with Gasteiger partial charge in [0.15, 0.2) is 0 Å². The van der Waals surface area contributed by atoms with Gasteiger partial charge in [-0.05, 0) is 19.5 Å². The predicted molar refractivity (Wildman–Crippen MR) is 63.6 cm³/mol. The Morgan fingerprint density at radius 1 is 1.44 bits per heavy atom. The molecule has 94 valence electrons. The predicted octanol–water partition coefficient (Wildman–Crippen LogP) is -0.456. The van der Waals surface area contributed by atoms with E-state index in [4.69, 9.17) is 5.11 Å². The van der Waals surface area contributed by atoms with Crippen LogP contribution in [0.5, 0.6) is 0 Å². The van der Waals surface area contributed by atoms with Crippen LogP contribution in [0.25, 0.3) is 0 Å². The first-order valence-corrected chi connectivity index (χ1v) is 5.95. The van der Waals surface area contributed by atoms with Crippen LogP contribution < -0.4 is 5.32 Å². The van der Waals surface area contributed by atoms with E-state index in [1.807, 2.05) is 4.90 Å². The molecule has 0 unspecified atom stereocenters. The van der Waals surface area contributed by atoms with E-state index >= 15 is 0 Å². The maximum absolute atomic E-state index is 10.7. The molecular weight excluding hydrogens is 206 g/mol. The number of hydrogen-bond acceptors (Lipinski definition) is 4. The molecule has 0 amide bonds. The Kier molecular flexibility index (Phi) is 5.73. The van der Waals surface area contributed by atoms with Crippen molar-refractivity contribution >= 4 is 5.97 Å². The largest absolute Gasteiger partial charge is 0.480 e. The number of carboxylic acid groups (broad SMARTS) is 1. The quantitative estimate of drug-likeness (QED) is 0.590. The lowest BCUT2D eigenvalue weighted by Crippen LogP contribution is -2.50. The highest BCUT2D eigenvalue weighted by Gasteiger charge is 2.21. The lowest BCUT2D eigenvalue weighted by Gasteiger charge is -2.33. The van der Waals surface area contributed by atoms with Gasteiger partial charge in [-0.15, -0.1) is 0 Å². The Morgan fingerprint density at radius 2 is 2.12 bits per heavy atom. The van der Waals surface area contributed by atoms with E-state index in [1.165, 1.54) is 0 Å². The Balaban J connectivity index is 2.27. The van der Waals surface area contributed by atoms with Gasteiger partial charge in [-0.1, -0.05) is 6.92 Å². The van der Waals surface area contributed by atoms with Crippen molar-refractivity contribution in [2.75, 3.05) is 52.9 Å². The fraction of sp³-hybridized carbons (Fsp3) is 0.909. The zero-order chi connectivity index (χ0) is 12.0. The second kappa shape index (κ2) is 6.83. The summed E-state index contributed by atoms with van der Waals surface area (Å²) in [5, 5.41) is 12.1. The van der Waals surface area contributed by atoms with Crippen molar-refractivity contribution in [1.82, 2.24) is 15.1 Å². The lowest BCUT2D eigenvalue weighted by molar-refractivity contribution is -0.138. The first-order valence-electron chi connectivity index (χ1n) is 5.95. The fourth-order valence-electron chi connectivity index (χ4n) is 1.74. The molecule has 0 bridgehead atoms. The number of nitrogens with one attached hydrogen (secondary N) is 1. The number of carboxylic acids is 1. The minimum atomic E-state index is -0.730. The molecule has 1 saturated heterocycles. The van der Waals surface area contributed by atoms with Crippen LogP contribution in [0.3, 0.4) is 0 Å². The van der Waals surface area contributed by atoms with Gasteiger partial charge in [-0.2, -0.15) is 0 Å². The van der Waals surface area contributed by atoms with Crippen LogP contribution in [0, 0.1) is 5.92 Å². The molecule has 1 aliphatic rings. The van der Waals surface area contributed by atoms with Crippen molar-refractivity contribution in [2.24, 2.45) is 5.92 Å². The molecule has 0 aliphatic carbocycles. The third kappa shape index (κ3) is 4.92. The van der Waals surface area contributed by atoms with Gasteiger partial charge >= 0.3 is 5.97 Å². The Morgan fingerprint density at radius 3 is 2.56 bits per heavy atom. The molecule has 0 saturated carbocycles. The number of rotatable bonds is 8. The Labute approximate surface area is 97.4 Å². The molecule has 16 heavy (non-hydrogen) atoms. The van der Waals surface area contributed by atoms with Crippen molar-refractivity contribution < 1.29 is 9.90 Å². The van der Waals surface area contributed by atoms with Crippen LogP contribution in [0.1, 0.15) is 6.92 Å². The molecule has 5 heteroatoms. The molecule has 0 atom stereocenters.